The molecule has 11 aromatic carbocycles. The number of rotatable bonds is 8. The standard InChI is InChI=1S/C73H40N8/c1-45-30-35-54(65(40-45)79-7)55-22-16-28-70(80-66-36-31-46(50-18-8-12-23-60(50)74-2)41-56(66)57-42-47(32-37-67(57)80)51-19-9-13-24-61(51)75-3)72(55)73-64(78-6)27-17-29-71(73)81-68-38-33-48(52-20-10-14-25-62(52)76-4)43-58(68)59-44-49(34-39-69(59)81)53-21-11-15-26-63(53)77-5/h8-44H,1H3. The minimum Gasteiger partial charge on any atom is -0.310 e. The van der Waals surface area contributed by atoms with Crippen LogP contribution in [0.3, 0.4) is 0 Å². The molecule has 0 N–H and O–H groups in total. The van der Waals surface area contributed by atoms with Crippen molar-refractivity contribution in [2.24, 2.45) is 0 Å². The monoisotopic (exact) mass is 1030 g/mol. The van der Waals surface area contributed by atoms with Crippen molar-refractivity contribution >= 4 is 77.7 Å². The molecule has 0 aliphatic carbocycles. The van der Waals surface area contributed by atoms with E-state index in [1.165, 1.54) is 0 Å². The van der Waals surface area contributed by atoms with Crippen molar-refractivity contribution < 1.29 is 0 Å². The highest BCUT2D eigenvalue weighted by Crippen LogP contribution is 2.51. The van der Waals surface area contributed by atoms with Crippen LogP contribution in [-0.4, -0.2) is 9.13 Å². The number of aryl methyl sites for hydroxylation is 1. The Labute approximate surface area is 468 Å². The van der Waals surface area contributed by atoms with Crippen LogP contribution in [0.2, 0.25) is 0 Å². The van der Waals surface area contributed by atoms with Crippen molar-refractivity contribution in [3.05, 3.63) is 299 Å². The van der Waals surface area contributed by atoms with Crippen LogP contribution in [0.4, 0.5) is 34.1 Å². The largest absolute Gasteiger partial charge is 0.310 e. The molecule has 81 heavy (non-hydrogen) atoms. The van der Waals surface area contributed by atoms with Gasteiger partial charge in [-0.2, -0.15) is 0 Å². The fourth-order valence-corrected chi connectivity index (χ4v) is 11.7. The fraction of sp³-hybridized carbons (Fsp3) is 0.0137. The van der Waals surface area contributed by atoms with Crippen LogP contribution in [0.1, 0.15) is 5.56 Å². The van der Waals surface area contributed by atoms with E-state index in [1.807, 2.05) is 146 Å². The first-order valence-electron chi connectivity index (χ1n) is 26.0. The molecule has 13 aromatic rings. The first-order valence-corrected chi connectivity index (χ1v) is 26.0. The van der Waals surface area contributed by atoms with Gasteiger partial charge < -0.3 is 9.13 Å². The van der Waals surface area contributed by atoms with Crippen molar-refractivity contribution in [2.45, 2.75) is 6.92 Å². The van der Waals surface area contributed by atoms with Crippen LogP contribution in [-0.2, 0) is 0 Å². The third-order valence-electron chi connectivity index (χ3n) is 15.4. The Kier molecular flexibility index (Phi) is 11.9. The van der Waals surface area contributed by atoms with Gasteiger partial charge in [-0.1, -0.05) is 169 Å². The predicted molar refractivity (Wildman–Crippen MR) is 330 cm³/mol. The average Bonchev–Trinajstić information content (AvgIpc) is 4.28. The maximum atomic E-state index is 9.04. The minimum atomic E-state index is 0.398. The van der Waals surface area contributed by atoms with Crippen molar-refractivity contribution in [3.8, 4) is 78.1 Å². The highest BCUT2D eigenvalue weighted by atomic mass is 15.0. The van der Waals surface area contributed by atoms with Crippen molar-refractivity contribution in [2.75, 3.05) is 0 Å². The number of aromatic nitrogens is 2. The summed E-state index contributed by atoms with van der Waals surface area (Å²) in [6, 6.07) is 73.6. The maximum Gasteiger partial charge on any atom is 0.197 e. The zero-order valence-corrected chi connectivity index (χ0v) is 43.4. The molecular formula is C73H40N8. The highest BCUT2D eigenvalue weighted by molar-refractivity contribution is 6.16. The van der Waals surface area contributed by atoms with E-state index in [2.05, 4.69) is 123 Å². The molecule has 8 nitrogen and oxygen atoms in total. The number of hydrogen-bond donors (Lipinski definition) is 0. The number of para-hydroxylation sites is 4. The van der Waals surface area contributed by atoms with E-state index < -0.39 is 0 Å². The fourth-order valence-electron chi connectivity index (χ4n) is 11.7. The van der Waals surface area contributed by atoms with Gasteiger partial charge in [0.15, 0.2) is 34.1 Å². The van der Waals surface area contributed by atoms with Gasteiger partial charge in [-0.15, -0.1) is 0 Å². The lowest BCUT2D eigenvalue weighted by Crippen LogP contribution is -2.03. The first kappa shape index (κ1) is 48.6. The second-order valence-corrected chi connectivity index (χ2v) is 19.7. The van der Waals surface area contributed by atoms with E-state index >= 15 is 0 Å². The third-order valence-corrected chi connectivity index (χ3v) is 15.4. The van der Waals surface area contributed by atoms with Crippen LogP contribution in [0, 0.1) is 46.4 Å². The molecule has 8 heteroatoms. The topological polar surface area (TPSA) is 36.0 Å². The summed E-state index contributed by atoms with van der Waals surface area (Å²) in [5.41, 5.74) is 18.5. The Morgan fingerprint density at radius 3 is 0.951 bits per heavy atom. The highest BCUT2D eigenvalue weighted by Gasteiger charge is 2.27. The van der Waals surface area contributed by atoms with Crippen LogP contribution in [0.5, 0.6) is 0 Å². The van der Waals surface area contributed by atoms with Gasteiger partial charge in [0.1, 0.15) is 0 Å². The van der Waals surface area contributed by atoms with E-state index in [9.17, 15) is 0 Å². The van der Waals surface area contributed by atoms with Crippen molar-refractivity contribution in [3.63, 3.8) is 0 Å². The number of fused-ring (bicyclic) bond motifs is 6. The van der Waals surface area contributed by atoms with Gasteiger partial charge in [-0.25, -0.2) is 29.1 Å². The maximum absolute atomic E-state index is 9.04. The molecule has 372 valence electrons. The van der Waals surface area contributed by atoms with Crippen molar-refractivity contribution in [1.29, 1.82) is 0 Å². The smallest absolute Gasteiger partial charge is 0.197 e. The van der Waals surface area contributed by atoms with Crippen LogP contribution >= 0.6 is 0 Å². The molecule has 2 aromatic heterocycles. The van der Waals surface area contributed by atoms with Crippen LogP contribution in [0.15, 0.2) is 224 Å². The molecule has 0 radical (unpaired) electrons. The number of nitrogens with zero attached hydrogens (tertiary/aromatic N) is 8. The van der Waals surface area contributed by atoms with Gasteiger partial charge >= 0.3 is 0 Å². The predicted octanol–water partition coefficient (Wildman–Crippen LogP) is 21.5. The summed E-state index contributed by atoms with van der Waals surface area (Å²) in [6.07, 6.45) is 0. The van der Waals surface area contributed by atoms with E-state index in [0.29, 0.717) is 45.3 Å². The van der Waals surface area contributed by atoms with Gasteiger partial charge in [-0.3, -0.25) is 0 Å². The Morgan fingerprint density at radius 1 is 0.259 bits per heavy atom. The third kappa shape index (κ3) is 7.94. The summed E-state index contributed by atoms with van der Waals surface area (Å²) >= 11 is 0. The van der Waals surface area contributed by atoms with Gasteiger partial charge in [0.2, 0.25) is 0 Å². The number of hydrogen-bond acceptors (Lipinski definition) is 0. The van der Waals surface area contributed by atoms with Gasteiger partial charge in [0.05, 0.1) is 67.2 Å². The Bertz CT molecular complexity index is 4870. The summed E-state index contributed by atoms with van der Waals surface area (Å²) in [5.74, 6) is 0. The number of benzene rings is 11. The molecule has 0 saturated heterocycles. The molecule has 0 spiro atoms. The van der Waals surface area contributed by atoms with Gasteiger partial charge in [0, 0.05) is 38.4 Å². The summed E-state index contributed by atoms with van der Waals surface area (Å²) < 4.78 is 4.48. The molecule has 0 aliphatic rings. The van der Waals surface area contributed by atoms with Crippen LogP contribution in [0.25, 0.3) is 151 Å². The van der Waals surface area contributed by atoms with E-state index in [1.54, 1.807) is 0 Å². The zero-order valence-electron chi connectivity index (χ0n) is 43.4. The molecular weight excluding hydrogens is 989 g/mol. The molecule has 0 saturated carbocycles. The molecule has 0 aliphatic heterocycles. The Morgan fingerprint density at radius 2 is 0.580 bits per heavy atom. The van der Waals surface area contributed by atoms with Crippen LogP contribution < -0.4 is 0 Å². The summed E-state index contributed by atoms with van der Waals surface area (Å²) in [6.45, 7) is 51.9. The zero-order chi connectivity index (χ0) is 55.3. The second kappa shape index (κ2) is 19.8. The molecule has 0 fully saturated rings. The second-order valence-electron chi connectivity index (χ2n) is 19.7. The minimum absolute atomic E-state index is 0.398. The molecule has 0 unspecified atom stereocenters. The normalized spacial score (nSPS) is 11.0. The lowest BCUT2D eigenvalue weighted by atomic mass is 9.89. The average molecular weight is 1030 g/mol. The first-order chi connectivity index (χ1) is 39.8. The SMILES string of the molecule is [C-]#[N+]c1ccccc1-c1ccc2c(c1)c1cc(-c3ccccc3[N+]#[C-])ccc1n2-c1cccc([N+]#[C-])c1-c1c(-c2ccc(C)cc2[N+]#[C-])cccc1-n1c2ccc(-c3ccccc3[N+]#[C-])cc2c2cc(-c3ccccc3[N+]#[C-])ccc21. The van der Waals surface area contributed by atoms with Gasteiger partial charge in [0.25, 0.3) is 0 Å². The Hall–Kier alpha value is -12.0. The van der Waals surface area contributed by atoms with E-state index in [0.717, 1.165) is 116 Å². The Balaban J connectivity index is 1.16. The lowest BCUT2D eigenvalue weighted by Gasteiger charge is -2.23. The molecule has 0 atom stereocenters. The molecule has 13 rings (SSSR count). The molecule has 0 amide bonds. The van der Waals surface area contributed by atoms with E-state index in [-0.39, 0.29) is 0 Å². The summed E-state index contributed by atoms with van der Waals surface area (Å²) in [7, 11) is 0. The van der Waals surface area contributed by atoms with Crippen molar-refractivity contribution in [1.82, 2.24) is 9.13 Å². The summed E-state index contributed by atoms with van der Waals surface area (Å²) in [5, 5.41) is 3.68. The molecule has 0 bridgehead atoms. The van der Waals surface area contributed by atoms with Gasteiger partial charge in [-0.05, 0) is 123 Å². The quantitative estimate of drug-likeness (QED) is 0.136. The summed E-state index contributed by atoms with van der Waals surface area (Å²) in [4.78, 5) is 24.1. The molecule has 2 heterocycles. The lowest BCUT2D eigenvalue weighted by molar-refractivity contribution is 1.16. The van der Waals surface area contributed by atoms with E-state index in [4.69, 9.17) is 39.4 Å².